The SMILES string of the molecule is COc1ccc(C2CCCCCN2C(=O)CN2CC(C)OC(C)C2)cc1. The lowest BCUT2D eigenvalue weighted by Gasteiger charge is -2.37. The summed E-state index contributed by atoms with van der Waals surface area (Å²) in [5.74, 6) is 1.10. The second-order valence-corrected chi connectivity index (χ2v) is 7.68. The summed E-state index contributed by atoms with van der Waals surface area (Å²) in [5.41, 5.74) is 1.21. The molecule has 0 aromatic heterocycles. The number of likely N-dealkylation sites (tertiary alicyclic amines) is 1. The van der Waals surface area contributed by atoms with E-state index in [1.807, 2.05) is 12.1 Å². The van der Waals surface area contributed by atoms with E-state index in [9.17, 15) is 4.79 Å². The molecule has 0 N–H and O–H groups in total. The number of carbonyl (C=O) groups excluding carboxylic acids is 1. The van der Waals surface area contributed by atoms with Crippen LogP contribution >= 0.6 is 0 Å². The maximum Gasteiger partial charge on any atom is 0.237 e. The van der Waals surface area contributed by atoms with Crippen molar-refractivity contribution < 1.29 is 14.3 Å². The normalized spacial score (nSPS) is 27.8. The third-order valence-corrected chi connectivity index (χ3v) is 5.43. The van der Waals surface area contributed by atoms with E-state index in [1.54, 1.807) is 7.11 Å². The highest BCUT2D eigenvalue weighted by Gasteiger charge is 2.30. The van der Waals surface area contributed by atoms with Gasteiger partial charge in [0, 0.05) is 19.6 Å². The fourth-order valence-electron chi connectivity index (χ4n) is 4.28. The zero-order valence-corrected chi connectivity index (χ0v) is 16.3. The number of carbonyl (C=O) groups is 1. The van der Waals surface area contributed by atoms with Gasteiger partial charge in [0.2, 0.25) is 5.91 Å². The van der Waals surface area contributed by atoms with Crippen LogP contribution in [0.4, 0.5) is 0 Å². The number of morpholine rings is 1. The zero-order chi connectivity index (χ0) is 18.5. The maximum absolute atomic E-state index is 13.2. The summed E-state index contributed by atoms with van der Waals surface area (Å²) in [5, 5.41) is 0. The first-order chi connectivity index (χ1) is 12.6. The fourth-order valence-corrected chi connectivity index (χ4v) is 4.28. The van der Waals surface area contributed by atoms with Crippen LogP contribution < -0.4 is 4.74 Å². The van der Waals surface area contributed by atoms with Crippen LogP contribution in [0.25, 0.3) is 0 Å². The number of hydrogen-bond donors (Lipinski definition) is 0. The smallest absolute Gasteiger partial charge is 0.237 e. The van der Waals surface area contributed by atoms with Crippen molar-refractivity contribution in [3.05, 3.63) is 29.8 Å². The van der Waals surface area contributed by atoms with Crippen molar-refractivity contribution in [3.63, 3.8) is 0 Å². The van der Waals surface area contributed by atoms with Crippen LogP contribution in [0, 0.1) is 0 Å². The van der Waals surface area contributed by atoms with Crippen LogP contribution in [0.15, 0.2) is 24.3 Å². The molecule has 2 fully saturated rings. The number of benzene rings is 1. The monoisotopic (exact) mass is 360 g/mol. The molecule has 144 valence electrons. The van der Waals surface area contributed by atoms with Crippen LogP contribution in [0.2, 0.25) is 0 Å². The predicted octanol–water partition coefficient (Wildman–Crippen LogP) is 3.25. The van der Waals surface area contributed by atoms with E-state index in [0.717, 1.165) is 38.2 Å². The average molecular weight is 360 g/mol. The van der Waals surface area contributed by atoms with Crippen molar-refractivity contribution in [2.45, 2.75) is 57.8 Å². The zero-order valence-electron chi connectivity index (χ0n) is 16.3. The molecule has 0 bridgehead atoms. The number of amides is 1. The van der Waals surface area contributed by atoms with Gasteiger partial charge in [0.05, 0.1) is 31.9 Å². The molecule has 1 amide bonds. The predicted molar refractivity (Wildman–Crippen MR) is 102 cm³/mol. The van der Waals surface area contributed by atoms with Crippen LogP contribution in [-0.2, 0) is 9.53 Å². The molecule has 0 saturated carbocycles. The summed E-state index contributed by atoms with van der Waals surface area (Å²) >= 11 is 0. The Morgan fingerprint density at radius 2 is 1.81 bits per heavy atom. The van der Waals surface area contributed by atoms with Gasteiger partial charge in [-0.3, -0.25) is 9.69 Å². The molecule has 0 aliphatic carbocycles. The molecule has 5 nitrogen and oxygen atoms in total. The lowest BCUT2D eigenvalue weighted by molar-refractivity contribution is -0.138. The Labute approximate surface area is 157 Å². The van der Waals surface area contributed by atoms with Gasteiger partial charge in [-0.05, 0) is 44.4 Å². The van der Waals surface area contributed by atoms with Gasteiger partial charge in [-0.1, -0.05) is 25.0 Å². The molecule has 3 unspecified atom stereocenters. The molecule has 2 heterocycles. The fraction of sp³-hybridized carbons (Fsp3) is 0.667. The lowest BCUT2D eigenvalue weighted by Crippen LogP contribution is -2.50. The Balaban J connectivity index is 1.71. The second-order valence-electron chi connectivity index (χ2n) is 7.68. The molecular formula is C21H32N2O3. The highest BCUT2D eigenvalue weighted by Crippen LogP contribution is 2.31. The molecule has 26 heavy (non-hydrogen) atoms. The van der Waals surface area contributed by atoms with E-state index in [4.69, 9.17) is 9.47 Å². The van der Waals surface area contributed by atoms with Gasteiger partial charge in [-0.15, -0.1) is 0 Å². The van der Waals surface area contributed by atoms with Crippen molar-refractivity contribution in [1.82, 2.24) is 9.80 Å². The Hall–Kier alpha value is -1.59. The first kappa shape index (κ1) is 19.2. The first-order valence-corrected chi connectivity index (χ1v) is 9.88. The summed E-state index contributed by atoms with van der Waals surface area (Å²) < 4.78 is 11.1. The highest BCUT2D eigenvalue weighted by atomic mass is 16.5. The number of hydrogen-bond acceptors (Lipinski definition) is 4. The molecule has 0 radical (unpaired) electrons. The summed E-state index contributed by atoms with van der Waals surface area (Å²) in [6.45, 7) is 7.17. The summed E-state index contributed by atoms with van der Waals surface area (Å²) in [4.78, 5) is 17.5. The standard InChI is InChI=1S/C21H32N2O3/c1-16-13-22(14-17(2)26-16)15-21(24)23-12-6-4-5-7-20(23)18-8-10-19(25-3)11-9-18/h8-11,16-17,20H,4-7,12-15H2,1-3H3. The molecule has 1 aromatic carbocycles. The van der Waals surface area contributed by atoms with Crippen molar-refractivity contribution in [2.75, 3.05) is 33.3 Å². The van der Waals surface area contributed by atoms with Gasteiger partial charge < -0.3 is 14.4 Å². The number of nitrogens with zero attached hydrogens (tertiary/aromatic N) is 2. The first-order valence-electron chi connectivity index (χ1n) is 9.88. The van der Waals surface area contributed by atoms with E-state index in [-0.39, 0.29) is 24.2 Å². The lowest BCUT2D eigenvalue weighted by atomic mass is 10.0. The Morgan fingerprint density at radius 3 is 2.46 bits per heavy atom. The Morgan fingerprint density at radius 1 is 1.12 bits per heavy atom. The largest absolute Gasteiger partial charge is 0.497 e. The van der Waals surface area contributed by atoms with Gasteiger partial charge in [0.1, 0.15) is 5.75 Å². The Bertz CT molecular complexity index is 579. The molecule has 0 spiro atoms. The van der Waals surface area contributed by atoms with Gasteiger partial charge >= 0.3 is 0 Å². The summed E-state index contributed by atoms with van der Waals surface area (Å²) in [6.07, 6.45) is 4.87. The molecular weight excluding hydrogens is 328 g/mol. The quantitative estimate of drug-likeness (QED) is 0.827. The number of methoxy groups -OCH3 is 1. The Kier molecular flexibility index (Phi) is 6.54. The van der Waals surface area contributed by atoms with Crippen molar-refractivity contribution in [1.29, 1.82) is 0 Å². The van der Waals surface area contributed by atoms with Crippen LogP contribution in [0.5, 0.6) is 5.75 Å². The molecule has 3 rings (SSSR count). The van der Waals surface area contributed by atoms with E-state index in [1.165, 1.54) is 18.4 Å². The van der Waals surface area contributed by atoms with Crippen molar-refractivity contribution >= 4 is 5.91 Å². The number of ether oxygens (including phenoxy) is 2. The molecule has 2 aliphatic rings. The topological polar surface area (TPSA) is 42.0 Å². The minimum absolute atomic E-state index is 0.173. The van der Waals surface area contributed by atoms with Gasteiger partial charge in [-0.2, -0.15) is 0 Å². The van der Waals surface area contributed by atoms with E-state index >= 15 is 0 Å². The minimum Gasteiger partial charge on any atom is -0.497 e. The van der Waals surface area contributed by atoms with Crippen LogP contribution in [0.3, 0.4) is 0 Å². The van der Waals surface area contributed by atoms with E-state index in [0.29, 0.717) is 6.54 Å². The van der Waals surface area contributed by atoms with E-state index in [2.05, 4.69) is 35.8 Å². The molecule has 5 heteroatoms. The average Bonchev–Trinajstić information content (AvgIpc) is 2.87. The maximum atomic E-state index is 13.2. The molecule has 3 atom stereocenters. The number of rotatable bonds is 4. The molecule has 2 aliphatic heterocycles. The summed E-state index contributed by atoms with van der Waals surface area (Å²) in [6, 6.07) is 8.37. The third-order valence-electron chi connectivity index (χ3n) is 5.43. The van der Waals surface area contributed by atoms with Gasteiger partial charge in [0.15, 0.2) is 0 Å². The molecule has 1 aromatic rings. The van der Waals surface area contributed by atoms with Gasteiger partial charge in [0.25, 0.3) is 0 Å². The van der Waals surface area contributed by atoms with E-state index < -0.39 is 0 Å². The second kappa shape index (κ2) is 8.87. The van der Waals surface area contributed by atoms with Gasteiger partial charge in [-0.25, -0.2) is 0 Å². The van der Waals surface area contributed by atoms with Crippen LogP contribution in [0.1, 0.15) is 51.1 Å². The van der Waals surface area contributed by atoms with Crippen molar-refractivity contribution in [2.24, 2.45) is 0 Å². The molecule has 2 saturated heterocycles. The third kappa shape index (κ3) is 4.77. The van der Waals surface area contributed by atoms with Crippen molar-refractivity contribution in [3.8, 4) is 5.75 Å². The summed E-state index contributed by atoms with van der Waals surface area (Å²) in [7, 11) is 1.68. The highest BCUT2D eigenvalue weighted by molar-refractivity contribution is 5.79. The minimum atomic E-state index is 0.173. The van der Waals surface area contributed by atoms with Crippen LogP contribution in [-0.4, -0.2) is 61.2 Å².